The van der Waals surface area contributed by atoms with Gasteiger partial charge in [-0.2, -0.15) is 0 Å². The molecule has 4 rings (SSSR count). The number of oxime groups is 1. The highest BCUT2D eigenvalue weighted by Crippen LogP contribution is 2.46. The van der Waals surface area contributed by atoms with Gasteiger partial charge in [-0.25, -0.2) is 0 Å². The maximum Gasteiger partial charge on any atom is 0.203 e. The van der Waals surface area contributed by atoms with Gasteiger partial charge in [0.05, 0.1) is 33.0 Å². The van der Waals surface area contributed by atoms with E-state index in [2.05, 4.69) is 23.4 Å². The summed E-state index contributed by atoms with van der Waals surface area (Å²) in [6.45, 7) is 0. The van der Waals surface area contributed by atoms with Gasteiger partial charge in [-0.3, -0.25) is 0 Å². The lowest BCUT2D eigenvalue weighted by molar-refractivity contribution is 0.0697. The predicted octanol–water partition coefficient (Wildman–Crippen LogP) is 3.36. The first kappa shape index (κ1) is 14.9. The van der Waals surface area contributed by atoms with Crippen molar-refractivity contribution in [2.75, 3.05) is 21.3 Å². The molecule has 0 amide bonds. The quantitative estimate of drug-likeness (QED) is 0.865. The number of methoxy groups -OCH3 is 3. The Morgan fingerprint density at radius 2 is 1.71 bits per heavy atom. The Bertz CT molecular complexity index is 790. The van der Waals surface area contributed by atoms with Crippen LogP contribution in [0.15, 0.2) is 41.6 Å². The number of hydrogen-bond acceptors (Lipinski definition) is 5. The van der Waals surface area contributed by atoms with E-state index in [-0.39, 0.29) is 12.0 Å². The largest absolute Gasteiger partial charge is 0.493 e. The fraction of sp³-hybridized carbons (Fsp3) is 0.316. The minimum absolute atomic E-state index is 0.00436. The molecule has 124 valence electrons. The molecule has 24 heavy (non-hydrogen) atoms. The fourth-order valence-corrected chi connectivity index (χ4v) is 3.61. The average molecular weight is 325 g/mol. The van der Waals surface area contributed by atoms with Crippen LogP contribution >= 0.6 is 0 Å². The van der Waals surface area contributed by atoms with Crippen LogP contribution in [0.2, 0.25) is 0 Å². The summed E-state index contributed by atoms with van der Waals surface area (Å²) in [5, 5.41) is 4.36. The van der Waals surface area contributed by atoms with Gasteiger partial charge in [0.2, 0.25) is 5.75 Å². The molecule has 2 atom stereocenters. The van der Waals surface area contributed by atoms with Crippen molar-refractivity contribution < 1.29 is 19.0 Å². The molecule has 1 aliphatic heterocycles. The van der Waals surface area contributed by atoms with Gasteiger partial charge in [0.1, 0.15) is 0 Å². The molecule has 0 spiro atoms. The van der Waals surface area contributed by atoms with Crippen molar-refractivity contribution in [1.82, 2.24) is 0 Å². The molecule has 0 fully saturated rings. The van der Waals surface area contributed by atoms with Crippen molar-refractivity contribution in [3.05, 3.63) is 53.1 Å². The van der Waals surface area contributed by atoms with E-state index in [0.717, 1.165) is 17.7 Å². The molecule has 2 aromatic rings. The number of rotatable bonds is 4. The van der Waals surface area contributed by atoms with Gasteiger partial charge in [0.25, 0.3) is 0 Å². The van der Waals surface area contributed by atoms with Crippen LogP contribution in [0.5, 0.6) is 17.2 Å². The van der Waals surface area contributed by atoms with Crippen LogP contribution in [-0.2, 0) is 11.3 Å². The minimum Gasteiger partial charge on any atom is -0.493 e. The zero-order valence-corrected chi connectivity index (χ0v) is 13.9. The van der Waals surface area contributed by atoms with Crippen molar-refractivity contribution in [2.24, 2.45) is 11.1 Å². The van der Waals surface area contributed by atoms with Gasteiger partial charge in [-0.1, -0.05) is 29.4 Å². The maximum absolute atomic E-state index is 5.75. The summed E-state index contributed by atoms with van der Waals surface area (Å²) in [5.74, 6) is 2.03. The van der Waals surface area contributed by atoms with Crippen molar-refractivity contribution in [2.45, 2.75) is 12.5 Å². The van der Waals surface area contributed by atoms with Crippen LogP contribution in [0.25, 0.3) is 0 Å². The minimum atomic E-state index is -0.00436. The first-order chi connectivity index (χ1) is 11.8. The molecular weight excluding hydrogens is 306 g/mol. The molecule has 5 heteroatoms. The molecule has 0 N–H and O–H groups in total. The van der Waals surface area contributed by atoms with E-state index in [1.807, 2.05) is 18.2 Å². The second kappa shape index (κ2) is 5.74. The molecule has 2 aliphatic rings. The van der Waals surface area contributed by atoms with Crippen LogP contribution in [0.1, 0.15) is 22.8 Å². The number of hydrogen-bond donors (Lipinski definition) is 0. The van der Waals surface area contributed by atoms with Crippen molar-refractivity contribution in [3.8, 4) is 17.2 Å². The third-order valence-corrected chi connectivity index (χ3v) is 4.74. The first-order valence-electron chi connectivity index (χ1n) is 7.88. The zero-order valence-electron chi connectivity index (χ0n) is 13.9. The van der Waals surface area contributed by atoms with Gasteiger partial charge in [0, 0.05) is 5.56 Å². The Kier molecular flexibility index (Phi) is 3.56. The van der Waals surface area contributed by atoms with Crippen molar-refractivity contribution >= 4 is 5.71 Å². The Balaban J connectivity index is 1.73. The van der Waals surface area contributed by atoms with Gasteiger partial charge in [-0.05, 0) is 29.7 Å². The van der Waals surface area contributed by atoms with E-state index >= 15 is 0 Å². The second-order valence-corrected chi connectivity index (χ2v) is 5.93. The van der Waals surface area contributed by atoms with E-state index in [9.17, 15) is 0 Å². The normalized spacial score (nSPS) is 20.7. The van der Waals surface area contributed by atoms with E-state index in [0.29, 0.717) is 17.2 Å². The third-order valence-electron chi connectivity index (χ3n) is 4.74. The lowest BCUT2D eigenvalue weighted by Gasteiger charge is -2.15. The van der Waals surface area contributed by atoms with Crippen molar-refractivity contribution in [3.63, 3.8) is 0 Å². The van der Waals surface area contributed by atoms with E-state index in [4.69, 9.17) is 19.0 Å². The summed E-state index contributed by atoms with van der Waals surface area (Å²) >= 11 is 0. The van der Waals surface area contributed by atoms with Crippen molar-refractivity contribution in [1.29, 1.82) is 0 Å². The summed E-state index contributed by atoms with van der Waals surface area (Å²) in [4.78, 5) is 5.75. The Hall–Kier alpha value is -2.69. The summed E-state index contributed by atoms with van der Waals surface area (Å²) in [5.41, 5.74) is 4.42. The highest BCUT2D eigenvalue weighted by atomic mass is 16.6. The second-order valence-electron chi connectivity index (χ2n) is 5.93. The lowest BCUT2D eigenvalue weighted by atomic mass is 9.92. The average Bonchev–Trinajstić information content (AvgIpc) is 3.19. The Morgan fingerprint density at radius 3 is 2.38 bits per heavy atom. The summed E-state index contributed by atoms with van der Waals surface area (Å²) in [6.07, 6.45) is 0.923. The molecule has 2 aromatic carbocycles. The monoisotopic (exact) mass is 325 g/mol. The molecule has 0 aromatic heterocycles. The number of benzene rings is 2. The van der Waals surface area contributed by atoms with Crippen LogP contribution in [0.4, 0.5) is 0 Å². The summed E-state index contributed by atoms with van der Waals surface area (Å²) in [6, 6.07) is 12.2. The molecule has 0 saturated heterocycles. The highest BCUT2D eigenvalue weighted by Gasteiger charge is 2.42. The van der Waals surface area contributed by atoms with Gasteiger partial charge >= 0.3 is 0 Å². The Morgan fingerprint density at radius 1 is 1.00 bits per heavy atom. The number of fused-ring (bicyclic) bond motifs is 3. The summed E-state index contributed by atoms with van der Waals surface area (Å²) < 4.78 is 16.3. The first-order valence-corrected chi connectivity index (χ1v) is 7.88. The van der Waals surface area contributed by atoms with Gasteiger partial charge in [-0.15, -0.1) is 0 Å². The van der Waals surface area contributed by atoms with Gasteiger partial charge in [0.15, 0.2) is 17.6 Å². The molecule has 0 saturated carbocycles. The molecule has 0 bridgehead atoms. The van der Waals surface area contributed by atoms with Crippen LogP contribution in [-0.4, -0.2) is 27.0 Å². The molecule has 0 radical (unpaired) electrons. The fourth-order valence-electron chi connectivity index (χ4n) is 3.61. The molecule has 1 heterocycles. The Labute approximate surface area is 140 Å². The standard InChI is InChI=1S/C19H19NO4/c1-21-15-9-12(10-16(22-2)19(15)23-3)17-14-8-11-6-4-5-7-13(11)18(14)24-20-17/h4-7,9-10,14,18H,8H2,1-3H3/t14-,18-/m0/s1. The predicted molar refractivity (Wildman–Crippen MR) is 90.1 cm³/mol. The van der Waals surface area contributed by atoms with E-state index in [1.165, 1.54) is 11.1 Å². The van der Waals surface area contributed by atoms with Gasteiger partial charge < -0.3 is 19.0 Å². The molecular formula is C19H19NO4. The van der Waals surface area contributed by atoms with Crippen LogP contribution in [0, 0.1) is 5.92 Å². The topological polar surface area (TPSA) is 49.3 Å². The van der Waals surface area contributed by atoms with E-state index < -0.39 is 0 Å². The number of nitrogens with zero attached hydrogens (tertiary/aromatic N) is 1. The number of ether oxygens (including phenoxy) is 3. The summed E-state index contributed by atoms with van der Waals surface area (Å²) in [7, 11) is 4.82. The van der Waals surface area contributed by atoms with Crippen LogP contribution < -0.4 is 14.2 Å². The van der Waals surface area contributed by atoms with E-state index in [1.54, 1.807) is 21.3 Å². The molecule has 5 nitrogen and oxygen atoms in total. The maximum atomic E-state index is 5.75. The van der Waals surface area contributed by atoms with Crippen LogP contribution in [0.3, 0.4) is 0 Å². The highest BCUT2D eigenvalue weighted by molar-refractivity contribution is 6.04. The smallest absolute Gasteiger partial charge is 0.203 e. The third kappa shape index (κ3) is 2.12. The lowest BCUT2D eigenvalue weighted by Crippen LogP contribution is -2.15. The molecule has 1 aliphatic carbocycles. The SMILES string of the molecule is COc1cc(C2=NO[C@H]3c4ccccc4C[C@@H]23)cc(OC)c1OC. The zero-order chi connectivity index (χ0) is 16.7. The molecule has 0 unspecified atom stereocenters.